The number of amides is 1. The molecule has 0 atom stereocenters. The number of hydrogen-bond acceptors (Lipinski definition) is 4. The van der Waals surface area contributed by atoms with Crippen molar-refractivity contribution < 1.29 is 18.7 Å². The van der Waals surface area contributed by atoms with Crippen molar-refractivity contribution in [3.8, 4) is 0 Å². The molecule has 0 radical (unpaired) electrons. The van der Waals surface area contributed by atoms with Crippen molar-refractivity contribution in [2.24, 2.45) is 0 Å². The number of carbonyl (C=O) groups is 1. The van der Waals surface area contributed by atoms with Crippen molar-refractivity contribution in [1.29, 1.82) is 0 Å². The van der Waals surface area contributed by atoms with Crippen LogP contribution in [0, 0.1) is 11.6 Å². The number of hydrogen-bond donors (Lipinski definition) is 3. The second kappa shape index (κ2) is 7.19. The quantitative estimate of drug-likeness (QED) is 0.446. The molecule has 0 unspecified atom stereocenters. The number of rotatable bonds is 4. The summed E-state index contributed by atoms with van der Waals surface area (Å²) in [7, 11) is 0. The van der Waals surface area contributed by atoms with Gasteiger partial charge in [0.15, 0.2) is 0 Å². The minimum absolute atomic E-state index is 0.000810. The third-order valence-corrected chi connectivity index (χ3v) is 3.34. The van der Waals surface area contributed by atoms with Crippen molar-refractivity contribution in [2.45, 2.75) is 6.92 Å². The summed E-state index contributed by atoms with van der Waals surface area (Å²) in [5.74, 6) is -3.37. The van der Waals surface area contributed by atoms with Crippen LogP contribution < -0.4 is 10.6 Å². The van der Waals surface area contributed by atoms with Gasteiger partial charge in [0.25, 0.3) is 5.91 Å². The molecule has 2 rings (SSSR count). The Morgan fingerprint density at radius 2 is 1.83 bits per heavy atom. The summed E-state index contributed by atoms with van der Waals surface area (Å²) in [5.41, 5.74) is -0.347. The fraction of sp³-hybridized carbons (Fsp3) is 0.333. The Kier molecular flexibility index (Phi) is 5.28. The largest absolute Gasteiger partial charge is 0.806 e. The zero-order valence-corrected chi connectivity index (χ0v) is 12.6. The van der Waals surface area contributed by atoms with E-state index in [2.05, 4.69) is 10.6 Å². The third-order valence-electron chi connectivity index (χ3n) is 3.34. The number of allylic oxidation sites excluding steroid dienone is 1. The van der Waals surface area contributed by atoms with E-state index in [4.69, 9.17) is 0 Å². The first kappa shape index (κ1) is 16.9. The molecule has 1 aromatic rings. The highest BCUT2D eigenvalue weighted by molar-refractivity contribution is 6.10. The molecule has 23 heavy (non-hydrogen) atoms. The number of benzene rings is 1. The van der Waals surface area contributed by atoms with Gasteiger partial charge in [0.2, 0.25) is 5.76 Å². The Hall–Kier alpha value is -2.48. The van der Waals surface area contributed by atoms with Gasteiger partial charge in [-0.25, -0.2) is 8.78 Å². The summed E-state index contributed by atoms with van der Waals surface area (Å²) in [4.78, 5) is 13.8. The molecule has 3 N–H and O–H groups in total. The predicted octanol–water partition coefficient (Wildman–Crippen LogP) is 1.61. The van der Waals surface area contributed by atoms with E-state index in [1.165, 1.54) is 6.92 Å². The monoisotopic (exact) mass is 323 g/mol. The number of anilines is 1. The van der Waals surface area contributed by atoms with Gasteiger partial charge >= 0.3 is 0 Å². The number of aliphatic hydroxyl groups is 1. The van der Waals surface area contributed by atoms with Crippen molar-refractivity contribution in [1.82, 2.24) is 10.2 Å². The highest BCUT2D eigenvalue weighted by atomic mass is 19.1. The molecule has 0 saturated carbocycles. The predicted molar refractivity (Wildman–Crippen MR) is 83.1 cm³/mol. The summed E-state index contributed by atoms with van der Waals surface area (Å²) in [6.07, 6.45) is 0. The topological polar surface area (TPSA) is 86.9 Å². The first-order valence-electron chi connectivity index (χ1n) is 7.07. The van der Waals surface area contributed by atoms with Gasteiger partial charge in [-0.3, -0.25) is 4.79 Å². The van der Waals surface area contributed by atoms with Crippen molar-refractivity contribution in [3.05, 3.63) is 46.7 Å². The number of piperazine rings is 1. The number of nitrogens with one attached hydrogen (secondary N) is 2. The van der Waals surface area contributed by atoms with Gasteiger partial charge in [0.05, 0.1) is 5.70 Å². The molecular weight excluding hydrogens is 306 g/mol. The lowest BCUT2D eigenvalue weighted by Crippen LogP contribution is -2.45. The second-order valence-electron chi connectivity index (χ2n) is 5.13. The molecule has 0 bridgehead atoms. The van der Waals surface area contributed by atoms with Gasteiger partial charge in [0.1, 0.15) is 11.6 Å². The lowest BCUT2D eigenvalue weighted by atomic mass is 10.2. The molecule has 0 aromatic heterocycles. The van der Waals surface area contributed by atoms with E-state index < -0.39 is 23.3 Å². The molecule has 1 fully saturated rings. The van der Waals surface area contributed by atoms with Gasteiger partial charge in [-0.15, -0.1) is 0 Å². The minimum Gasteiger partial charge on any atom is -0.806 e. The summed E-state index contributed by atoms with van der Waals surface area (Å²) in [5, 5.41) is 25.2. The smallest absolute Gasteiger partial charge is 0.292 e. The summed E-state index contributed by atoms with van der Waals surface area (Å²) >= 11 is 0. The Morgan fingerprint density at radius 3 is 2.35 bits per heavy atom. The van der Waals surface area contributed by atoms with Crippen LogP contribution in [0.2, 0.25) is 0 Å². The molecule has 0 aliphatic carbocycles. The molecule has 1 heterocycles. The molecule has 1 aliphatic heterocycles. The Labute approximate surface area is 132 Å². The van der Waals surface area contributed by atoms with Crippen LogP contribution in [0.15, 0.2) is 29.7 Å². The van der Waals surface area contributed by atoms with Crippen molar-refractivity contribution in [2.75, 3.05) is 31.5 Å². The molecule has 124 valence electrons. The van der Waals surface area contributed by atoms with Crippen LogP contribution in [0.3, 0.4) is 0 Å². The second-order valence-corrected chi connectivity index (χ2v) is 5.13. The maximum atomic E-state index is 13.1. The van der Waals surface area contributed by atoms with Gasteiger partial charge in [0, 0.05) is 37.9 Å². The molecule has 8 heteroatoms. The van der Waals surface area contributed by atoms with E-state index in [-0.39, 0.29) is 17.1 Å². The number of nitrogens with zero attached hydrogens (tertiary/aromatic N) is 2. The van der Waals surface area contributed by atoms with Crippen molar-refractivity contribution >= 4 is 17.3 Å². The van der Waals surface area contributed by atoms with Gasteiger partial charge < -0.3 is 26.0 Å². The van der Waals surface area contributed by atoms with E-state index in [1.807, 2.05) is 0 Å². The van der Waals surface area contributed by atoms with E-state index in [1.54, 1.807) is 4.90 Å². The minimum atomic E-state index is -0.961. The van der Waals surface area contributed by atoms with Crippen LogP contribution in [-0.4, -0.2) is 47.8 Å². The third kappa shape index (κ3) is 4.26. The van der Waals surface area contributed by atoms with E-state index in [0.717, 1.165) is 12.1 Å². The van der Waals surface area contributed by atoms with Crippen LogP contribution >= 0.6 is 0 Å². The van der Waals surface area contributed by atoms with Crippen LogP contribution in [0.4, 0.5) is 14.5 Å². The van der Waals surface area contributed by atoms with Crippen LogP contribution in [0.25, 0.3) is 5.41 Å². The highest BCUT2D eigenvalue weighted by Gasteiger charge is 2.20. The molecular formula is C15H17F2N4O2-. The maximum Gasteiger partial charge on any atom is 0.292 e. The van der Waals surface area contributed by atoms with Gasteiger partial charge in [-0.2, -0.15) is 5.71 Å². The average Bonchev–Trinajstić information content (AvgIpc) is 2.46. The van der Waals surface area contributed by atoms with E-state index in [0.29, 0.717) is 32.2 Å². The lowest BCUT2D eigenvalue weighted by Gasteiger charge is -2.34. The molecule has 0 spiro atoms. The zero-order chi connectivity index (χ0) is 17.0. The standard InChI is InChI=1S/C15H17F2N4O2/c1-9(18)13(21-4-2-19-3-5-21)14(22)15(23)20-12-7-10(16)6-11(17)8-12/h6-8,19,22H,2-5H2,1H3,(H,20,23)/q-1/b14-13-. The Balaban J connectivity index is 2.24. The van der Waals surface area contributed by atoms with Crippen LogP contribution in [0.5, 0.6) is 0 Å². The molecule has 1 saturated heterocycles. The molecule has 1 amide bonds. The molecule has 1 aromatic carbocycles. The van der Waals surface area contributed by atoms with E-state index >= 15 is 0 Å². The number of carbonyl (C=O) groups excluding carboxylic acids is 1. The van der Waals surface area contributed by atoms with Crippen LogP contribution in [0.1, 0.15) is 6.92 Å². The highest BCUT2D eigenvalue weighted by Crippen LogP contribution is 2.16. The summed E-state index contributed by atoms with van der Waals surface area (Å²) < 4.78 is 26.3. The van der Waals surface area contributed by atoms with Crippen molar-refractivity contribution in [3.63, 3.8) is 0 Å². The van der Waals surface area contributed by atoms with Crippen LogP contribution in [-0.2, 0) is 4.79 Å². The Morgan fingerprint density at radius 1 is 1.26 bits per heavy atom. The average molecular weight is 323 g/mol. The van der Waals surface area contributed by atoms with Gasteiger partial charge in [-0.05, 0) is 12.1 Å². The number of aliphatic hydroxyl groups excluding tert-OH is 1. The first-order chi connectivity index (χ1) is 10.9. The summed E-state index contributed by atoms with van der Waals surface area (Å²) in [6.45, 7) is 3.63. The molecule has 1 aliphatic rings. The normalized spacial score (nSPS) is 15.9. The number of halogens is 2. The van der Waals surface area contributed by atoms with E-state index in [9.17, 15) is 24.1 Å². The first-order valence-corrected chi connectivity index (χ1v) is 7.07. The SMILES string of the molecule is CC(=[N-])/C(=C(/O)C(=O)Nc1cc(F)cc(F)c1)N1CCNCC1. The molecule has 6 nitrogen and oxygen atoms in total. The maximum absolute atomic E-state index is 13.1. The summed E-state index contributed by atoms with van der Waals surface area (Å²) in [6, 6.07) is 2.52. The van der Waals surface area contributed by atoms with Gasteiger partial charge in [-0.1, -0.05) is 6.92 Å². The zero-order valence-electron chi connectivity index (χ0n) is 12.6. The lowest BCUT2D eigenvalue weighted by molar-refractivity contribution is -0.115. The fourth-order valence-electron chi connectivity index (χ4n) is 2.36. The fourth-order valence-corrected chi connectivity index (χ4v) is 2.36. The Bertz CT molecular complexity index is 635.